The van der Waals surface area contributed by atoms with Gasteiger partial charge in [0.15, 0.2) is 0 Å². The molecule has 41 heavy (non-hydrogen) atoms. The van der Waals surface area contributed by atoms with Gasteiger partial charge in [0.1, 0.15) is 28.6 Å². The zero-order valence-electron chi connectivity index (χ0n) is 22.8. The van der Waals surface area contributed by atoms with Crippen LogP contribution in [0.15, 0.2) is 36.4 Å². The number of benzene rings is 2. The number of aromatic nitrogens is 4. The van der Waals surface area contributed by atoms with Gasteiger partial charge in [0.25, 0.3) is 5.91 Å². The first kappa shape index (κ1) is 29.0. The maximum Gasteiger partial charge on any atom is 0.276 e. The zero-order chi connectivity index (χ0) is 29.7. The van der Waals surface area contributed by atoms with E-state index in [1.165, 1.54) is 30.0 Å². The van der Waals surface area contributed by atoms with Gasteiger partial charge in [0.2, 0.25) is 17.8 Å². The first-order valence-corrected chi connectivity index (χ1v) is 12.8. The number of nitrogens with one attached hydrogen (secondary N) is 3. The summed E-state index contributed by atoms with van der Waals surface area (Å²) in [7, 11) is 1.42. The van der Waals surface area contributed by atoms with E-state index >= 15 is 0 Å². The highest BCUT2D eigenvalue weighted by molar-refractivity contribution is 6.04. The molecule has 0 saturated heterocycles. The fraction of sp³-hybridized carbons (Fsp3) is 0.296. The molecule has 0 saturated carbocycles. The number of nitrogens with zero attached hydrogens (tertiary/aromatic N) is 4. The topological polar surface area (TPSA) is 158 Å². The molecule has 0 radical (unpaired) electrons. The van der Waals surface area contributed by atoms with Crippen LogP contribution in [0.2, 0.25) is 0 Å². The molecule has 0 atom stereocenters. The van der Waals surface area contributed by atoms with Crippen LogP contribution in [0.1, 0.15) is 51.9 Å². The van der Waals surface area contributed by atoms with Crippen LogP contribution in [0.5, 0.6) is 5.75 Å². The van der Waals surface area contributed by atoms with E-state index in [-0.39, 0.29) is 48.2 Å². The zero-order valence-corrected chi connectivity index (χ0v) is 22.8. The standard InChI is InChI=1S/C27H30F2N8O4/c1-4-36-21(10-15(2)35-36)26(40)34-27-33-20-11-17(25(30)39)12-22(41-3)24(20)37(27)32-9-5-6-23(38)31-14-16-7-8-18(28)13-19(16)29/h7-8,10-13,32H,4-6,9,14H2,1-3H3,(H2,30,39)(H,31,38)(H,33,34,40). The van der Waals surface area contributed by atoms with Gasteiger partial charge in [-0.1, -0.05) is 6.07 Å². The van der Waals surface area contributed by atoms with Gasteiger partial charge in [0.05, 0.1) is 18.3 Å². The average Bonchev–Trinajstić information content (AvgIpc) is 3.49. The molecule has 0 unspecified atom stereocenters. The molecule has 0 bridgehead atoms. The van der Waals surface area contributed by atoms with Crippen LogP contribution in [-0.2, 0) is 17.9 Å². The van der Waals surface area contributed by atoms with Gasteiger partial charge in [-0.15, -0.1) is 0 Å². The van der Waals surface area contributed by atoms with Gasteiger partial charge in [0, 0.05) is 43.2 Å². The Balaban J connectivity index is 1.51. The van der Waals surface area contributed by atoms with Crippen molar-refractivity contribution >= 4 is 34.7 Å². The summed E-state index contributed by atoms with van der Waals surface area (Å²) < 4.78 is 35.5. The lowest BCUT2D eigenvalue weighted by Crippen LogP contribution is -2.26. The highest BCUT2D eigenvalue weighted by atomic mass is 19.1. The number of methoxy groups -OCH3 is 1. The van der Waals surface area contributed by atoms with E-state index in [0.29, 0.717) is 35.4 Å². The van der Waals surface area contributed by atoms with E-state index in [1.807, 2.05) is 6.92 Å². The molecule has 3 amide bonds. The molecule has 0 aliphatic rings. The van der Waals surface area contributed by atoms with Gasteiger partial charge in [-0.05, 0) is 44.5 Å². The minimum Gasteiger partial charge on any atom is -0.494 e. The van der Waals surface area contributed by atoms with Crippen LogP contribution < -0.4 is 26.5 Å². The van der Waals surface area contributed by atoms with E-state index in [0.717, 1.165) is 12.1 Å². The normalized spacial score (nSPS) is 11.0. The fourth-order valence-electron chi connectivity index (χ4n) is 4.23. The number of carbonyl (C=O) groups is 3. The van der Waals surface area contributed by atoms with Gasteiger partial charge < -0.3 is 21.2 Å². The Labute approximate surface area is 233 Å². The molecular formula is C27H30F2N8O4. The van der Waals surface area contributed by atoms with Crippen molar-refractivity contribution in [2.45, 2.75) is 39.8 Å². The quantitative estimate of drug-likeness (QED) is 0.191. The van der Waals surface area contributed by atoms with E-state index in [4.69, 9.17) is 10.5 Å². The Morgan fingerprint density at radius 1 is 1.12 bits per heavy atom. The molecule has 0 spiro atoms. The van der Waals surface area contributed by atoms with Crippen molar-refractivity contribution in [3.05, 3.63) is 70.5 Å². The molecule has 2 aromatic carbocycles. The van der Waals surface area contributed by atoms with Crippen molar-refractivity contribution in [3.63, 3.8) is 0 Å². The van der Waals surface area contributed by atoms with Crippen molar-refractivity contribution in [1.82, 2.24) is 24.8 Å². The predicted octanol–water partition coefficient (Wildman–Crippen LogP) is 2.84. The summed E-state index contributed by atoms with van der Waals surface area (Å²) in [5.74, 6) is -2.49. The molecule has 2 heterocycles. The summed E-state index contributed by atoms with van der Waals surface area (Å²) in [6.07, 6.45) is 0.455. The highest BCUT2D eigenvalue weighted by Gasteiger charge is 2.21. The number of anilines is 1. The van der Waals surface area contributed by atoms with Gasteiger partial charge >= 0.3 is 0 Å². The minimum absolute atomic E-state index is 0.0755. The van der Waals surface area contributed by atoms with Crippen LogP contribution in [0, 0.1) is 18.6 Å². The first-order valence-electron chi connectivity index (χ1n) is 12.8. The van der Waals surface area contributed by atoms with Crippen LogP contribution >= 0.6 is 0 Å². The van der Waals surface area contributed by atoms with E-state index in [2.05, 4.69) is 26.1 Å². The molecular weight excluding hydrogens is 538 g/mol. The molecule has 4 aromatic rings. The SMILES string of the molecule is CCn1nc(C)cc1C(=O)Nc1nc2cc(C(N)=O)cc(OC)c2n1NCCCC(=O)NCc1ccc(F)cc1F. The number of rotatable bonds is 12. The van der Waals surface area contributed by atoms with Crippen molar-refractivity contribution in [1.29, 1.82) is 0 Å². The van der Waals surface area contributed by atoms with Gasteiger partial charge in [-0.25, -0.2) is 18.4 Å². The third-order valence-electron chi connectivity index (χ3n) is 6.22. The third kappa shape index (κ3) is 6.59. The monoisotopic (exact) mass is 568 g/mol. The molecule has 0 aliphatic heterocycles. The van der Waals surface area contributed by atoms with Gasteiger partial charge in [-0.3, -0.25) is 24.4 Å². The van der Waals surface area contributed by atoms with E-state index in [9.17, 15) is 23.2 Å². The van der Waals surface area contributed by atoms with Crippen LogP contribution in [0.25, 0.3) is 11.0 Å². The molecule has 12 nitrogen and oxygen atoms in total. The summed E-state index contributed by atoms with van der Waals surface area (Å²) in [5.41, 5.74) is 10.7. The van der Waals surface area contributed by atoms with Crippen molar-refractivity contribution in [3.8, 4) is 5.75 Å². The smallest absolute Gasteiger partial charge is 0.276 e. The summed E-state index contributed by atoms with van der Waals surface area (Å²) in [6, 6.07) is 7.76. The minimum atomic E-state index is -0.737. The van der Waals surface area contributed by atoms with Gasteiger partial charge in [-0.2, -0.15) is 5.10 Å². The number of aryl methyl sites for hydroxylation is 2. The lowest BCUT2D eigenvalue weighted by atomic mass is 10.1. The summed E-state index contributed by atoms with van der Waals surface area (Å²) in [5, 5.41) is 9.69. The van der Waals surface area contributed by atoms with Crippen molar-refractivity contribution in [2.24, 2.45) is 5.73 Å². The third-order valence-corrected chi connectivity index (χ3v) is 6.22. The molecule has 5 N–H and O–H groups in total. The Morgan fingerprint density at radius 2 is 1.90 bits per heavy atom. The number of primary amides is 1. The molecule has 216 valence electrons. The molecule has 14 heteroatoms. The Kier molecular flexibility index (Phi) is 8.80. The summed E-state index contributed by atoms with van der Waals surface area (Å²) in [4.78, 5) is 41.8. The molecule has 2 aromatic heterocycles. The Hall–Kier alpha value is -5.01. The number of nitrogens with two attached hydrogens (primary N) is 1. The molecule has 4 rings (SSSR count). The summed E-state index contributed by atoms with van der Waals surface area (Å²) in [6.45, 7) is 4.31. The highest BCUT2D eigenvalue weighted by Crippen LogP contribution is 2.30. The maximum atomic E-state index is 13.8. The van der Waals surface area contributed by atoms with Crippen LogP contribution in [-0.4, -0.2) is 50.8 Å². The maximum absolute atomic E-state index is 13.8. The first-order chi connectivity index (χ1) is 19.6. The number of fused-ring (bicyclic) bond motifs is 1. The average molecular weight is 569 g/mol. The van der Waals surface area contributed by atoms with Crippen molar-refractivity contribution < 1.29 is 27.9 Å². The predicted molar refractivity (Wildman–Crippen MR) is 147 cm³/mol. The number of carbonyl (C=O) groups excluding carboxylic acids is 3. The van der Waals surface area contributed by atoms with E-state index in [1.54, 1.807) is 17.7 Å². The Morgan fingerprint density at radius 3 is 2.59 bits per heavy atom. The fourth-order valence-corrected chi connectivity index (χ4v) is 4.23. The second-order valence-corrected chi connectivity index (χ2v) is 9.15. The lowest BCUT2D eigenvalue weighted by Gasteiger charge is -2.14. The number of hydrogen-bond acceptors (Lipinski definition) is 7. The van der Waals surface area contributed by atoms with Crippen LogP contribution in [0.4, 0.5) is 14.7 Å². The second-order valence-electron chi connectivity index (χ2n) is 9.15. The van der Waals surface area contributed by atoms with E-state index < -0.39 is 23.4 Å². The number of ether oxygens (including phenoxy) is 1. The Bertz CT molecular complexity index is 1610. The van der Waals surface area contributed by atoms with Crippen molar-refractivity contribution in [2.75, 3.05) is 24.4 Å². The van der Waals surface area contributed by atoms with Crippen LogP contribution in [0.3, 0.4) is 0 Å². The number of amides is 3. The molecule has 0 aliphatic carbocycles. The largest absolute Gasteiger partial charge is 0.494 e. The number of halogens is 2. The second kappa shape index (κ2) is 12.4. The molecule has 0 fully saturated rings. The number of hydrogen-bond donors (Lipinski definition) is 4. The number of imidazole rings is 1. The summed E-state index contributed by atoms with van der Waals surface area (Å²) >= 11 is 0. The lowest BCUT2D eigenvalue weighted by molar-refractivity contribution is -0.121.